The zero-order valence-corrected chi connectivity index (χ0v) is 10.1. The molecule has 2 saturated carbocycles. The summed E-state index contributed by atoms with van der Waals surface area (Å²) in [6, 6.07) is 0. The molecular formula is C14H20O2. The summed E-state index contributed by atoms with van der Waals surface area (Å²) < 4.78 is 5.65. The lowest BCUT2D eigenvalue weighted by atomic mass is 9.80. The van der Waals surface area contributed by atoms with Gasteiger partial charge in [0, 0.05) is 0 Å². The molecule has 0 spiro atoms. The molecule has 2 nitrogen and oxygen atoms in total. The summed E-state index contributed by atoms with van der Waals surface area (Å²) in [4.78, 5) is 11.6. The number of fused-ring (bicyclic) bond motifs is 5. The van der Waals surface area contributed by atoms with Gasteiger partial charge in [-0.2, -0.15) is 0 Å². The lowest BCUT2D eigenvalue weighted by Crippen LogP contribution is -2.33. The number of allylic oxidation sites excluding steroid dienone is 2. The average molecular weight is 220 g/mol. The Hall–Kier alpha value is -0.790. The van der Waals surface area contributed by atoms with Crippen LogP contribution in [0.3, 0.4) is 0 Å². The molecule has 88 valence electrons. The van der Waals surface area contributed by atoms with Crippen LogP contribution in [0, 0.1) is 29.6 Å². The van der Waals surface area contributed by atoms with E-state index < -0.39 is 0 Å². The van der Waals surface area contributed by atoms with Crippen molar-refractivity contribution in [3.05, 3.63) is 12.2 Å². The molecule has 0 aromatic heterocycles. The van der Waals surface area contributed by atoms with Crippen molar-refractivity contribution in [3.63, 3.8) is 0 Å². The number of hydrogen-bond donors (Lipinski definition) is 0. The fraction of sp³-hybridized carbons (Fsp3) is 0.786. The van der Waals surface area contributed by atoms with E-state index in [9.17, 15) is 4.79 Å². The Balaban J connectivity index is 1.67. The number of carbonyl (C=O) groups excluding carboxylic acids is 1. The zero-order valence-electron chi connectivity index (χ0n) is 10.1. The van der Waals surface area contributed by atoms with E-state index in [1.54, 1.807) is 0 Å². The zero-order chi connectivity index (χ0) is 11.3. The normalized spacial score (nSPS) is 44.1. The molecule has 16 heavy (non-hydrogen) atoms. The number of esters is 1. The minimum absolute atomic E-state index is 0.0108. The Bertz CT molecular complexity index is 332. The maximum atomic E-state index is 11.6. The molecule has 2 heteroatoms. The topological polar surface area (TPSA) is 26.3 Å². The molecule has 3 aliphatic carbocycles. The van der Waals surface area contributed by atoms with Crippen LogP contribution in [-0.2, 0) is 9.53 Å². The highest BCUT2D eigenvalue weighted by Gasteiger charge is 2.53. The van der Waals surface area contributed by atoms with Gasteiger partial charge in [-0.25, -0.2) is 0 Å². The van der Waals surface area contributed by atoms with Gasteiger partial charge in [0.2, 0.25) is 0 Å². The van der Waals surface area contributed by atoms with E-state index >= 15 is 0 Å². The van der Waals surface area contributed by atoms with Crippen molar-refractivity contribution < 1.29 is 9.53 Å². The highest BCUT2D eigenvalue weighted by atomic mass is 16.5. The second-order valence-electron chi connectivity index (χ2n) is 5.93. The summed E-state index contributed by atoms with van der Waals surface area (Å²) in [5.74, 6) is 3.02. The second kappa shape index (κ2) is 3.61. The van der Waals surface area contributed by atoms with Crippen LogP contribution in [0.1, 0.15) is 33.1 Å². The first-order valence-corrected chi connectivity index (χ1v) is 6.54. The molecule has 0 radical (unpaired) electrons. The van der Waals surface area contributed by atoms with E-state index in [0.717, 1.165) is 24.2 Å². The molecule has 0 heterocycles. The molecule has 0 aromatic carbocycles. The van der Waals surface area contributed by atoms with Crippen molar-refractivity contribution in [2.75, 3.05) is 0 Å². The molecule has 2 bridgehead atoms. The Labute approximate surface area is 97.1 Å². The molecule has 5 atom stereocenters. The van der Waals surface area contributed by atoms with Gasteiger partial charge in [0.15, 0.2) is 0 Å². The lowest BCUT2D eigenvalue weighted by Gasteiger charge is -2.31. The Morgan fingerprint density at radius 3 is 2.88 bits per heavy atom. The van der Waals surface area contributed by atoms with Gasteiger partial charge in [0.05, 0.1) is 5.92 Å². The predicted molar refractivity (Wildman–Crippen MR) is 61.7 cm³/mol. The summed E-state index contributed by atoms with van der Waals surface area (Å²) in [5.41, 5.74) is 0. The quantitative estimate of drug-likeness (QED) is 0.528. The summed E-state index contributed by atoms with van der Waals surface area (Å²) in [5, 5.41) is 0. The van der Waals surface area contributed by atoms with Crippen LogP contribution in [0.25, 0.3) is 0 Å². The third-order valence-electron chi connectivity index (χ3n) is 4.68. The van der Waals surface area contributed by atoms with Gasteiger partial charge in [-0.3, -0.25) is 4.79 Å². The molecule has 0 aliphatic heterocycles. The molecule has 0 saturated heterocycles. The first-order valence-electron chi connectivity index (χ1n) is 6.54. The van der Waals surface area contributed by atoms with E-state index in [1.807, 2.05) is 13.8 Å². The van der Waals surface area contributed by atoms with E-state index in [2.05, 4.69) is 12.2 Å². The van der Waals surface area contributed by atoms with E-state index in [1.165, 1.54) is 12.8 Å². The first-order chi connectivity index (χ1) is 7.66. The SMILES string of the molecule is CC(C)C(=O)O[C@@H]1C[C@@H]2C[C@H]1[C@H]1CC=C[C@@H]21. The van der Waals surface area contributed by atoms with Crippen LogP contribution < -0.4 is 0 Å². The van der Waals surface area contributed by atoms with Gasteiger partial charge in [-0.05, 0) is 42.9 Å². The third kappa shape index (κ3) is 1.42. The average Bonchev–Trinajstić information content (AvgIpc) is 2.87. The largest absolute Gasteiger partial charge is 0.462 e. The number of hydrogen-bond acceptors (Lipinski definition) is 2. The first kappa shape index (κ1) is 10.4. The molecule has 2 fully saturated rings. The lowest BCUT2D eigenvalue weighted by molar-refractivity contribution is -0.156. The van der Waals surface area contributed by atoms with Gasteiger partial charge < -0.3 is 4.74 Å². The van der Waals surface area contributed by atoms with Crippen LogP contribution >= 0.6 is 0 Å². The van der Waals surface area contributed by atoms with Gasteiger partial charge >= 0.3 is 5.97 Å². The number of carbonyl (C=O) groups is 1. The fourth-order valence-corrected chi connectivity index (χ4v) is 3.92. The molecule has 0 unspecified atom stereocenters. The monoisotopic (exact) mass is 220 g/mol. The van der Waals surface area contributed by atoms with Crippen molar-refractivity contribution >= 4 is 5.97 Å². The van der Waals surface area contributed by atoms with Crippen molar-refractivity contribution in [1.29, 1.82) is 0 Å². The Kier molecular flexibility index (Phi) is 2.34. The maximum absolute atomic E-state index is 11.6. The van der Waals surface area contributed by atoms with Crippen LogP contribution in [0.4, 0.5) is 0 Å². The van der Waals surface area contributed by atoms with Gasteiger partial charge in [-0.1, -0.05) is 26.0 Å². The van der Waals surface area contributed by atoms with Crippen molar-refractivity contribution in [2.45, 2.75) is 39.2 Å². The predicted octanol–water partition coefficient (Wildman–Crippen LogP) is 2.79. The number of rotatable bonds is 2. The summed E-state index contributed by atoms with van der Waals surface area (Å²) in [7, 11) is 0. The van der Waals surface area contributed by atoms with Crippen molar-refractivity contribution in [1.82, 2.24) is 0 Å². The maximum Gasteiger partial charge on any atom is 0.308 e. The van der Waals surface area contributed by atoms with Crippen LogP contribution in [0.2, 0.25) is 0 Å². The molecule has 0 amide bonds. The second-order valence-corrected chi connectivity index (χ2v) is 5.93. The van der Waals surface area contributed by atoms with E-state index in [4.69, 9.17) is 4.74 Å². The van der Waals surface area contributed by atoms with E-state index in [-0.39, 0.29) is 18.0 Å². The molecule has 3 rings (SSSR count). The molecule has 3 aliphatic rings. The molecule has 0 N–H and O–H groups in total. The van der Waals surface area contributed by atoms with Crippen LogP contribution in [0.15, 0.2) is 12.2 Å². The van der Waals surface area contributed by atoms with Gasteiger partial charge in [0.25, 0.3) is 0 Å². The minimum Gasteiger partial charge on any atom is -0.462 e. The molecule has 0 aromatic rings. The van der Waals surface area contributed by atoms with Crippen LogP contribution in [-0.4, -0.2) is 12.1 Å². The highest BCUT2D eigenvalue weighted by molar-refractivity contribution is 5.71. The third-order valence-corrected chi connectivity index (χ3v) is 4.68. The summed E-state index contributed by atoms with van der Waals surface area (Å²) in [6.45, 7) is 3.82. The summed E-state index contributed by atoms with van der Waals surface area (Å²) >= 11 is 0. The number of ether oxygens (including phenoxy) is 1. The fourth-order valence-electron chi connectivity index (χ4n) is 3.92. The van der Waals surface area contributed by atoms with Crippen LogP contribution in [0.5, 0.6) is 0 Å². The molecular weight excluding hydrogens is 200 g/mol. The van der Waals surface area contributed by atoms with Crippen molar-refractivity contribution in [2.24, 2.45) is 29.6 Å². The van der Waals surface area contributed by atoms with Gasteiger partial charge in [-0.15, -0.1) is 0 Å². The Morgan fingerprint density at radius 1 is 1.31 bits per heavy atom. The van der Waals surface area contributed by atoms with Gasteiger partial charge in [0.1, 0.15) is 6.10 Å². The highest BCUT2D eigenvalue weighted by Crippen LogP contribution is 2.57. The van der Waals surface area contributed by atoms with Crippen molar-refractivity contribution in [3.8, 4) is 0 Å². The Morgan fingerprint density at radius 2 is 2.12 bits per heavy atom. The standard InChI is InChI=1S/C14H20O2/c1-8(2)14(15)16-13-7-9-6-12(13)11-5-3-4-10(9)11/h3-4,8-13H,5-7H2,1-2H3/t9-,10-,11-,12-,13+/m0/s1. The summed E-state index contributed by atoms with van der Waals surface area (Å²) in [6.07, 6.45) is 8.55. The van der Waals surface area contributed by atoms with E-state index in [0.29, 0.717) is 5.92 Å². The minimum atomic E-state index is -0.0138. The smallest absolute Gasteiger partial charge is 0.308 e.